The lowest BCUT2D eigenvalue weighted by atomic mass is 10.1. The van der Waals surface area contributed by atoms with E-state index in [1.165, 1.54) is 12.8 Å². The van der Waals surface area contributed by atoms with Crippen molar-refractivity contribution in [3.05, 3.63) is 54.6 Å². The van der Waals surface area contributed by atoms with Gasteiger partial charge < -0.3 is 25.2 Å². The number of nitrogens with one attached hydrogen (secondary N) is 2. The van der Waals surface area contributed by atoms with E-state index in [9.17, 15) is 14.4 Å². The Morgan fingerprint density at radius 1 is 1.00 bits per heavy atom. The molecule has 4 rings (SSSR count). The number of methoxy groups -OCH3 is 1. The molecule has 0 saturated carbocycles. The third-order valence-electron chi connectivity index (χ3n) is 6.26. The summed E-state index contributed by atoms with van der Waals surface area (Å²) >= 11 is 0. The van der Waals surface area contributed by atoms with Gasteiger partial charge in [0.1, 0.15) is 11.8 Å². The lowest BCUT2D eigenvalue weighted by molar-refractivity contribution is -0.145. The number of rotatable bonds is 7. The maximum absolute atomic E-state index is 13.2. The summed E-state index contributed by atoms with van der Waals surface area (Å²) in [5.41, 5.74) is 1.71. The molecule has 180 valence electrons. The van der Waals surface area contributed by atoms with E-state index in [1.54, 1.807) is 23.1 Å². The second-order valence-corrected chi connectivity index (χ2v) is 8.45. The van der Waals surface area contributed by atoms with Gasteiger partial charge >= 0.3 is 0 Å². The molecule has 1 atom stereocenters. The fourth-order valence-corrected chi connectivity index (χ4v) is 4.43. The Morgan fingerprint density at radius 3 is 2.44 bits per heavy atom. The van der Waals surface area contributed by atoms with E-state index in [-0.39, 0.29) is 30.7 Å². The van der Waals surface area contributed by atoms with Crippen molar-refractivity contribution in [2.24, 2.45) is 0 Å². The normalized spacial score (nSPS) is 18.9. The van der Waals surface area contributed by atoms with Crippen molar-refractivity contribution in [3.8, 4) is 5.75 Å². The number of hydrogen-bond donors (Lipinski definition) is 2. The summed E-state index contributed by atoms with van der Waals surface area (Å²) < 4.78 is 5.27. The van der Waals surface area contributed by atoms with Gasteiger partial charge in [0.15, 0.2) is 0 Å². The number of para-hydroxylation sites is 3. The van der Waals surface area contributed by atoms with Crippen LogP contribution in [-0.2, 0) is 14.4 Å². The van der Waals surface area contributed by atoms with Crippen LogP contribution in [0.5, 0.6) is 5.75 Å². The Bertz CT molecular complexity index is 1010. The molecule has 2 N–H and O–H groups in total. The molecule has 9 heteroatoms. The molecule has 2 aromatic carbocycles. The number of anilines is 2. The predicted molar refractivity (Wildman–Crippen MR) is 130 cm³/mol. The highest BCUT2D eigenvalue weighted by Gasteiger charge is 2.35. The third kappa shape index (κ3) is 5.66. The number of piperazine rings is 2. The van der Waals surface area contributed by atoms with E-state index < -0.39 is 6.04 Å². The van der Waals surface area contributed by atoms with Gasteiger partial charge in [-0.3, -0.25) is 19.3 Å². The van der Waals surface area contributed by atoms with E-state index >= 15 is 0 Å². The largest absolute Gasteiger partial charge is 0.495 e. The van der Waals surface area contributed by atoms with Crippen molar-refractivity contribution < 1.29 is 19.1 Å². The van der Waals surface area contributed by atoms with Crippen LogP contribution in [0.3, 0.4) is 0 Å². The van der Waals surface area contributed by atoms with Gasteiger partial charge in [-0.2, -0.15) is 0 Å². The summed E-state index contributed by atoms with van der Waals surface area (Å²) in [7, 11) is 1.53. The van der Waals surface area contributed by atoms with E-state index in [0.717, 1.165) is 26.2 Å². The van der Waals surface area contributed by atoms with Gasteiger partial charge in [-0.15, -0.1) is 0 Å². The van der Waals surface area contributed by atoms with Crippen molar-refractivity contribution >= 4 is 29.1 Å². The molecule has 0 aliphatic carbocycles. The van der Waals surface area contributed by atoms with E-state index in [1.807, 2.05) is 24.3 Å². The molecule has 0 aromatic heterocycles. The summed E-state index contributed by atoms with van der Waals surface area (Å²) in [5.74, 6) is -0.242. The topological polar surface area (TPSA) is 94.2 Å². The first-order valence-corrected chi connectivity index (χ1v) is 11.6. The lowest BCUT2D eigenvalue weighted by Crippen LogP contribution is -2.60. The first kappa shape index (κ1) is 23.6. The van der Waals surface area contributed by atoms with Gasteiger partial charge in [0.2, 0.25) is 17.7 Å². The van der Waals surface area contributed by atoms with Gasteiger partial charge in [-0.1, -0.05) is 30.3 Å². The molecule has 34 heavy (non-hydrogen) atoms. The predicted octanol–water partition coefficient (Wildman–Crippen LogP) is 1.17. The second kappa shape index (κ2) is 11.0. The average molecular weight is 466 g/mol. The molecule has 2 fully saturated rings. The van der Waals surface area contributed by atoms with Gasteiger partial charge in [0, 0.05) is 45.0 Å². The Hall–Kier alpha value is -3.59. The minimum absolute atomic E-state index is 0.114. The monoisotopic (exact) mass is 465 g/mol. The molecular formula is C25H31N5O4. The molecule has 2 saturated heterocycles. The second-order valence-electron chi connectivity index (χ2n) is 8.45. The van der Waals surface area contributed by atoms with Crippen LogP contribution in [0, 0.1) is 0 Å². The molecule has 3 amide bonds. The number of nitrogens with zero attached hydrogens (tertiary/aromatic N) is 3. The Morgan fingerprint density at radius 2 is 1.71 bits per heavy atom. The minimum atomic E-state index is -0.832. The van der Waals surface area contributed by atoms with Crippen LogP contribution >= 0.6 is 0 Å². The summed E-state index contributed by atoms with van der Waals surface area (Å²) in [6.45, 7) is 4.21. The molecule has 0 spiro atoms. The quantitative estimate of drug-likeness (QED) is 0.638. The molecule has 0 bridgehead atoms. The zero-order chi connectivity index (χ0) is 23.9. The molecule has 2 aliphatic heterocycles. The molecule has 0 unspecified atom stereocenters. The highest BCUT2D eigenvalue weighted by atomic mass is 16.5. The van der Waals surface area contributed by atoms with Crippen molar-refractivity contribution in [1.82, 2.24) is 15.1 Å². The van der Waals surface area contributed by atoms with Gasteiger partial charge in [0.05, 0.1) is 25.8 Å². The maximum Gasteiger partial charge on any atom is 0.243 e. The summed E-state index contributed by atoms with van der Waals surface area (Å²) in [5, 5.41) is 5.57. The van der Waals surface area contributed by atoms with Crippen LogP contribution < -0.4 is 20.3 Å². The highest BCUT2D eigenvalue weighted by molar-refractivity contribution is 5.98. The van der Waals surface area contributed by atoms with Gasteiger partial charge in [-0.25, -0.2) is 0 Å². The first-order chi connectivity index (χ1) is 16.5. The number of benzene rings is 2. The summed E-state index contributed by atoms with van der Waals surface area (Å²) in [6.07, 6.45) is -0.114. The standard InChI is InChI=1S/C25H31N5O4/c1-34-22-10-6-5-9-20(22)27-23(31)17-21-25(33)26-11-12-30(21)24(32)18-28-13-15-29(16-14-28)19-7-3-2-4-8-19/h2-10,21H,11-18H2,1H3,(H,26,33)(H,27,31)/t21-/m1/s1. The number of carbonyl (C=O) groups is 3. The number of amides is 3. The zero-order valence-electron chi connectivity index (χ0n) is 19.4. The zero-order valence-corrected chi connectivity index (χ0v) is 19.4. The molecular weight excluding hydrogens is 434 g/mol. The van der Waals surface area contributed by atoms with Gasteiger partial charge in [-0.05, 0) is 24.3 Å². The summed E-state index contributed by atoms with van der Waals surface area (Å²) in [4.78, 5) is 44.4. The van der Waals surface area contributed by atoms with Crippen LogP contribution in [0.2, 0.25) is 0 Å². The van der Waals surface area contributed by atoms with Crippen LogP contribution in [0.4, 0.5) is 11.4 Å². The fourth-order valence-electron chi connectivity index (χ4n) is 4.43. The smallest absolute Gasteiger partial charge is 0.243 e. The van der Waals surface area contributed by atoms with E-state index in [0.29, 0.717) is 24.5 Å². The lowest BCUT2D eigenvalue weighted by Gasteiger charge is -2.39. The van der Waals surface area contributed by atoms with E-state index in [4.69, 9.17) is 4.74 Å². The van der Waals surface area contributed by atoms with E-state index in [2.05, 4.69) is 32.6 Å². The Kier molecular flexibility index (Phi) is 7.64. The first-order valence-electron chi connectivity index (χ1n) is 11.6. The van der Waals surface area contributed by atoms with Crippen LogP contribution in [0.25, 0.3) is 0 Å². The number of carbonyl (C=O) groups excluding carboxylic acids is 3. The Labute approximate surface area is 199 Å². The van der Waals surface area contributed by atoms with Crippen molar-refractivity contribution in [2.45, 2.75) is 12.5 Å². The fraction of sp³-hybridized carbons (Fsp3) is 0.400. The van der Waals surface area contributed by atoms with Crippen LogP contribution in [0.15, 0.2) is 54.6 Å². The Balaban J connectivity index is 1.34. The molecule has 2 aliphatic rings. The highest BCUT2D eigenvalue weighted by Crippen LogP contribution is 2.24. The van der Waals surface area contributed by atoms with Crippen molar-refractivity contribution in [1.29, 1.82) is 0 Å². The maximum atomic E-state index is 13.2. The molecule has 0 radical (unpaired) electrons. The summed E-state index contributed by atoms with van der Waals surface area (Å²) in [6, 6.07) is 16.5. The molecule has 2 heterocycles. The average Bonchev–Trinajstić information content (AvgIpc) is 2.86. The molecule has 9 nitrogen and oxygen atoms in total. The number of hydrogen-bond acceptors (Lipinski definition) is 6. The SMILES string of the molecule is COc1ccccc1NC(=O)C[C@@H]1C(=O)NCCN1C(=O)CN1CCN(c2ccccc2)CC1. The van der Waals surface area contributed by atoms with Gasteiger partial charge in [0.25, 0.3) is 0 Å². The van der Waals surface area contributed by atoms with Crippen LogP contribution in [-0.4, -0.2) is 86.5 Å². The van der Waals surface area contributed by atoms with Crippen molar-refractivity contribution in [3.63, 3.8) is 0 Å². The van der Waals surface area contributed by atoms with Crippen molar-refractivity contribution in [2.75, 3.05) is 63.1 Å². The molecule has 2 aromatic rings. The van der Waals surface area contributed by atoms with Crippen LogP contribution in [0.1, 0.15) is 6.42 Å². The minimum Gasteiger partial charge on any atom is -0.495 e. The number of ether oxygens (including phenoxy) is 1. The third-order valence-corrected chi connectivity index (χ3v) is 6.26.